The molecular formula is C25H31BN2O5. The van der Waals surface area contributed by atoms with E-state index in [2.05, 4.69) is 10.6 Å². The van der Waals surface area contributed by atoms with Gasteiger partial charge in [0.25, 0.3) is 0 Å². The highest BCUT2D eigenvalue weighted by atomic mass is 16.7. The fraction of sp³-hybridized carbons (Fsp3) is 0.360. The second kappa shape index (κ2) is 10.2. The number of rotatable bonds is 7. The van der Waals surface area contributed by atoms with E-state index in [-0.39, 0.29) is 19.1 Å². The molecule has 0 saturated carbocycles. The lowest BCUT2D eigenvalue weighted by Gasteiger charge is -2.32. The second-order valence-electron chi connectivity index (χ2n) is 9.03. The molecule has 174 valence electrons. The predicted molar refractivity (Wildman–Crippen MR) is 129 cm³/mol. The van der Waals surface area contributed by atoms with E-state index in [1.165, 1.54) is 6.92 Å². The van der Waals surface area contributed by atoms with E-state index in [1.807, 2.05) is 88.4 Å². The van der Waals surface area contributed by atoms with Gasteiger partial charge in [-0.25, -0.2) is 4.79 Å². The van der Waals surface area contributed by atoms with Crippen LogP contribution in [-0.2, 0) is 25.4 Å². The molecule has 2 aromatic carbocycles. The largest absolute Gasteiger partial charge is 0.492 e. The predicted octanol–water partition coefficient (Wildman–Crippen LogP) is 4.59. The fourth-order valence-corrected chi connectivity index (χ4v) is 3.23. The van der Waals surface area contributed by atoms with Crippen LogP contribution in [0.15, 0.2) is 60.1 Å². The van der Waals surface area contributed by atoms with Crippen LogP contribution in [0.2, 0.25) is 0 Å². The van der Waals surface area contributed by atoms with Crippen molar-refractivity contribution in [3.63, 3.8) is 0 Å². The lowest BCUT2D eigenvalue weighted by molar-refractivity contribution is -0.114. The van der Waals surface area contributed by atoms with Gasteiger partial charge in [-0.15, -0.1) is 0 Å². The zero-order chi connectivity index (χ0) is 24.1. The highest BCUT2D eigenvalue weighted by Gasteiger charge is 2.52. The molecule has 0 unspecified atom stereocenters. The Bertz CT molecular complexity index is 987. The molecular weight excluding hydrogens is 419 g/mol. The van der Waals surface area contributed by atoms with Crippen molar-refractivity contribution >= 4 is 30.9 Å². The maximum atomic E-state index is 12.3. The Labute approximate surface area is 195 Å². The Morgan fingerprint density at radius 2 is 1.58 bits per heavy atom. The van der Waals surface area contributed by atoms with Crippen LogP contribution in [0.5, 0.6) is 0 Å². The Hall–Kier alpha value is -3.10. The molecule has 1 aliphatic rings. The highest BCUT2D eigenvalue weighted by molar-refractivity contribution is 6.56. The number of amides is 2. The van der Waals surface area contributed by atoms with Gasteiger partial charge in [0.2, 0.25) is 5.91 Å². The summed E-state index contributed by atoms with van der Waals surface area (Å²) >= 11 is 0. The Morgan fingerprint density at radius 3 is 2.15 bits per heavy atom. The first-order chi connectivity index (χ1) is 15.6. The number of hydrogen-bond acceptors (Lipinski definition) is 5. The van der Waals surface area contributed by atoms with Crippen molar-refractivity contribution in [3.05, 3.63) is 71.2 Å². The summed E-state index contributed by atoms with van der Waals surface area (Å²) in [5.74, 6) is -0.130. The van der Waals surface area contributed by atoms with Crippen molar-refractivity contribution in [1.82, 2.24) is 5.32 Å². The van der Waals surface area contributed by atoms with Gasteiger partial charge in [0.15, 0.2) is 0 Å². The first-order valence-electron chi connectivity index (χ1n) is 10.9. The Balaban J connectivity index is 1.72. The summed E-state index contributed by atoms with van der Waals surface area (Å²) in [4.78, 5) is 23.6. The minimum absolute atomic E-state index is 0.130. The number of alkyl carbamates (subject to hydrolysis) is 1. The van der Waals surface area contributed by atoms with Crippen LogP contribution in [0.1, 0.15) is 45.7 Å². The number of ether oxygens (including phenoxy) is 1. The van der Waals surface area contributed by atoms with Gasteiger partial charge >= 0.3 is 13.2 Å². The zero-order valence-corrected chi connectivity index (χ0v) is 19.8. The van der Waals surface area contributed by atoms with E-state index >= 15 is 0 Å². The maximum Gasteiger partial charge on any atom is 0.492 e. The van der Waals surface area contributed by atoms with Crippen molar-refractivity contribution in [2.24, 2.45) is 0 Å². The monoisotopic (exact) mass is 450 g/mol. The van der Waals surface area contributed by atoms with Crippen LogP contribution in [0, 0.1) is 0 Å². The van der Waals surface area contributed by atoms with Crippen molar-refractivity contribution in [2.45, 2.75) is 52.4 Å². The Kier molecular flexibility index (Phi) is 7.61. The SMILES string of the molecule is CC(=O)Nc1ccc(C=C(CNC(=O)OCc2ccccc2)B2OC(C)(C)C(C)(C)O2)cc1. The third-order valence-corrected chi connectivity index (χ3v) is 5.79. The van der Waals surface area contributed by atoms with Gasteiger partial charge in [0.05, 0.1) is 11.2 Å². The molecule has 0 bridgehead atoms. The summed E-state index contributed by atoms with van der Waals surface area (Å²) in [5.41, 5.74) is 2.22. The van der Waals surface area contributed by atoms with E-state index in [0.29, 0.717) is 5.69 Å². The molecule has 0 spiro atoms. The van der Waals surface area contributed by atoms with E-state index in [0.717, 1.165) is 16.6 Å². The van der Waals surface area contributed by atoms with E-state index in [1.54, 1.807) is 0 Å². The average Bonchev–Trinajstić information content (AvgIpc) is 2.98. The van der Waals surface area contributed by atoms with Gasteiger partial charge in [-0.1, -0.05) is 48.5 Å². The summed E-state index contributed by atoms with van der Waals surface area (Å²) in [6.07, 6.45) is 1.39. The van der Waals surface area contributed by atoms with Gasteiger partial charge in [-0.3, -0.25) is 4.79 Å². The minimum atomic E-state index is -0.626. The number of carbonyl (C=O) groups excluding carboxylic acids is 2. The summed E-state index contributed by atoms with van der Waals surface area (Å²) in [6, 6.07) is 16.9. The first kappa shape index (κ1) is 24.5. The molecule has 33 heavy (non-hydrogen) atoms. The van der Waals surface area contributed by atoms with Crippen molar-refractivity contribution in [1.29, 1.82) is 0 Å². The quantitative estimate of drug-likeness (QED) is 0.603. The molecule has 0 aliphatic carbocycles. The summed E-state index contributed by atoms with van der Waals surface area (Å²) in [5, 5.41) is 5.54. The Morgan fingerprint density at radius 1 is 0.970 bits per heavy atom. The standard InChI is InChI=1S/C25H31BN2O5/c1-18(29)28-22-13-11-19(12-14-22)15-21(26-32-24(2,3)25(4,5)33-26)16-27-23(30)31-17-20-9-7-6-8-10-20/h6-15H,16-17H2,1-5H3,(H,27,30)(H,28,29). The molecule has 0 atom stereocenters. The van der Waals surface area contributed by atoms with Crippen LogP contribution in [0.25, 0.3) is 6.08 Å². The smallest absolute Gasteiger partial charge is 0.445 e. The maximum absolute atomic E-state index is 12.3. The van der Waals surface area contributed by atoms with Gasteiger partial charge in [0.1, 0.15) is 6.61 Å². The number of carbonyl (C=O) groups is 2. The van der Waals surface area contributed by atoms with Gasteiger partial charge < -0.3 is 24.7 Å². The molecule has 3 rings (SSSR count). The number of benzene rings is 2. The lowest BCUT2D eigenvalue weighted by atomic mass is 9.77. The molecule has 0 aromatic heterocycles. The topological polar surface area (TPSA) is 85.9 Å². The molecule has 1 fully saturated rings. The fourth-order valence-electron chi connectivity index (χ4n) is 3.23. The highest BCUT2D eigenvalue weighted by Crippen LogP contribution is 2.38. The van der Waals surface area contributed by atoms with Crippen LogP contribution in [-0.4, -0.2) is 36.9 Å². The molecule has 0 radical (unpaired) electrons. The number of hydrogen-bond donors (Lipinski definition) is 2. The third-order valence-electron chi connectivity index (χ3n) is 5.79. The van der Waals surface area contributed by atoms with Crippen LogP contribution >= 0.6 is 0 Å². The van der Waals surface area contributed by atoms with Gasteiger partial charge in [-0.05, 0) is 56.4 Å². The molecule has 7 nitrogen and oxygen atoms in total. The zero-order valence-electron chi connectivity index (χ0n) is 19.8. The number of nitrogens with one attached hydrogen (secondary N) is 2. The van der Waals surface area contributed by atoms with Crippen LogP contribution < -0.4 is 10.6 Å². The van der Waals surface area contributed by atoms with Gasteiger partial charge in [0, 0.05) is 19.2 Å². The van der Waals surface area contributed by atoms with Crippen molar-refractivity contribution in [2.75, 3.05) is 11.9 Å². The second-order valence-corrected chi connectivity index (χ2v) is 9.03. The van der Waals surface area contributed by atoms with Crippen LogP contribution in [0.3, 0.4) is 0 Å². The minimum Gasteiger partial charge on any atom is -0.445 e. The molecule has 2 N–H and O–H groups in total. The molecule has 2 amide bonds. The first-order valence-corrected chi connectivity index (χ1v) is 10.9. The summed E-state index contributed by atoms with van der Waals surface area (Å²) in [6.45, 7) is 9.77. The van der Waals surface area contributed by atoms with E-state index < -0.39 is 24.4 Å². The van der Waals surface area contributed by atoms with Crippen molar-refractivity contribution in [3.8, 4) is 0 Å². The normalized spacial score (nSPS) is 16.9. The summed E-state index contributed by atoms with van der Waals surface area (Å²) in [7, 11) is -0.626. The molecule has 1 heterocycles. The molecule has 2 aromatic rings. The molecule has 8 heteroatoms. The summed E-state index contributed by atoms with van der Waals surface area (Å²) < 4.78 is 17.7. The van der Waals surface area contributed by atoms with E-state index in [9.17, 15) is 9.59 Å². The number of anilines is 1. The van der Waals surface area contributed by atoms with Crippen LogP contribution in [0.4, 0.5) is 10.5 Å². The third kappa shape index (κ3) is 6.69. The van der Waals surface area contributed by atoms with E-state index in [4.69, 9.17) is 14.0 Å². The van der Waals surface area contributed by atoms with Gasteiger partial charge in [-0.2, -0.15) is 0 Å². The molecule has 1 aliphatic heterocycles. The van der Waals surface area contributed by atoms with Crippen molar-refractivity contribution < 1.29 is 23.6 Å². The molecule has 1 saturated heterocycles. The lowest BCUT2D eigenvalue weighted by Crippen LogP contribution is -2.41. The average molecular weight is 450 g/mol.